The molecule has 0 atom stereocenters. The second-order valence-corrected chi connectivity index (χ2v) is 4.75. The Kier molecular flexibility index (Phi) is 4.77. The molecule has 0 saturated carbocycles. The van der Waals surface area contributed by atoms with Gasteiger partial charge >= 0.3 is 19.9 Å². The third-order valence-corrected chi connectivity index (χ3v) is 2.53. The molecule has 0 aliphatic heterocycles. The van der Waals surface area contributed by atoms with E-state index in [1.165, 1.54) is 0 Å². The van der Waals surface area contributed by atoms with Gasteiger partial charge in [0.1, 0.15) is 0 Å². The first-order valence-corrected chi connectivity index (χ1v) is 5.57. The molecule has 0 fully saturated rings. The number of hydrogen-bond donors (Lipinski definition) is 2. The van der Waals surface area contributed by atoms with Crippen molar-refractivity contribution in [2.75, 3.05) is 0 Å². The number of alkyl halides is 6. The molecule has 11 heteroatoms. The number of hydrogen-bond acceptors (Lipinski definition) is 2. The Labute approximate surface area is 90.8 Å². The quantitative estimate of drug-likeness (QED) is 0.614. The Balaban J connectivity index is 5.00. The molecular formula is C6H7F6O4P. The average molecular weight is 288 g/mol. The molecule has 0 amide bonds. The zero-order valence-corrected chi connectivity index (χ0v) is 8.81. The first-order chi connectivity index (χ1) is 7.22. The van der Waals surface area contributed by atoms with Crippen molar-refractivity contribution in [1.29, 1.82) is 0 Å². The van der Waals surface area contributed by atoms with Gasteiger partial charge in [0.15, 0.2) is 0 Å². The summed E-state index contributed by atoms with van der Waals surface area (Å²) in [4.78, 5) is 27.3. The SMILES string of the molecule is O=C(C(CC(F)(F)F)CC(F)(F)F)P(=O)(O)O. The summed E-state index contributed by atoms with van der Waals surface area (Å²) >= 11 is 0. The van der Waals surface area contributed by atoms with Gasteiger partial charge in [-0.3, -0.25) is 9.36 Å². The number of carbonyl (C=O) groups excluding carboxylic acids is 1. The maximum absolute atomic E-state index is 11.9. The summed E-state index contributed by atoms with van der Waals surface area (Å²) in [7, 11) is -5.62. The lowest BCUT2D eigenvalue weighted by Crippen LogP contribution is -2.27. The van der Waals surface area contributed by atoms with Crippen LogP contribution >= 0.6 is 7.60 Å². The molecule has 2 N–H and O–H groups in total. The zero-order chi connectivity index (χ0) is 14.1. The summed E-state index contributed by atoms with van der Waals surface area (Å²) in [5, 5.41) is 0. The minimum atomic E-state index is -5.62. The second kappa shape index (κ2) is 4.95. The monoisotopic (exact) mass is 288 g/mol. The largest absolute Gasteiger partial charge is 0.391 e. The van der Waals surface area contributed by atoms with Gasteiger partial charge in [-0.05, 0) is 0 Å². The van der Waals surface area contributed by atoms with Gasteiger partial charge in [-0.1, -0.05) is 0 Å². The molecular weight excluding hydrogens is 281 g/mol. The first-order valence-electron chi connectivity index (χ1n) is 3.96. The van der Waals surface area contributed by atoms with Crippen molar-refractivity contribution in [1.82, 2.24) is 0 Å². The van der Waals surface area contributed by atoms with Crippen molar-refractivity contribution >= 4 is 13.1 Å². The Bertz CT molecular complexity index is 312. The van der Waals surface area contributed by atoms with Crippen molar-refractivity contribution in [3.05, 3.63) is 0 Å². The zero-order valence-electron chi connectivity index (χ0n) is 7.92. The normalized spacial score (nSPS) is 14.2. The number of halogens is 6. The minimum absolute atomic E-state index is 2.23. The van der Waals surface area contributed by atoms with Crippen LogP contribution in [0, 0.1) is 5.92 Å². The van der Waals surface area contributed by atoms with Crippen LogP contribution in [0.5, 0.6) is 0 Å². The highest BCUT2D eigenvalue weighted by molar-refractivity contribution is 7.70. The molecule has 0 spiro atoms. The lowest BCUT2D eigenvalue weighted by Gasteiger charge is -2.19. The van der Waals surface area contributed by atoms with E-state index in [-0.39, 0.29) is 0 Å². The first kappa shape index (κ1) is 16.4. The standard InChI is InChI=1S/C6H7F6O4P/c7-5(8,9)1-3(2-6(10,11)12)4(13)17(14,15)16/h3H,1-2H2,(H2,14,15,16). The topological polar surface area (TPSA) is 74.6 Å². The van der Waals surface area contributed by atoms with Crippen molar-refractivity contribution in [2.24, 2.45) is 5.92 Å². The van der Waals surface area contributed by atoms with Crippen LogP contribution in [0.15, 0.2) is 0 Å². The van der Waals surface area contributed by atoms with E-state index >= 15 is 0 Å². The highest BCUT2D eigenvalue weighted by Gasteiger charge is 2.46. The Morgan fingerprint density at radius 1 is 1.00 bits per heavy atom. The summed E-state index contributed by atoms with van der Waals surface area (Å²) in [5.74, 6) is -2.82. The Morgan fingerprint density at radius 3 is 1.47 bits per heavy atom. The molecule has 0 heterocycles. The summed E-state index contributed by atoms with van der Waals surface area (Å²) in [6, 6.07) is 0. The highest BCUT2D eigenvalue weighted by Crippen LogP contribution is 2.45. The molecule has 0 aliphatic rings. The van der Waals surface area contributed by atoms with E-state index in [1.807, 2.05) is 0 Å². The molecule has 0 radical (unpaired) electrons. The summed E-state index contributed by atoms with van der Waals surface area (Å²) in [6.07, 6.45) is -14.7. The van der Waals surface area contributed by atoms with Gasteiger partial charge in [0, 0.05) is 5.92 Å². The van der Waals surface area contributed by atoms with Crippen molar-refractivity contribution in [3.63, 3.8) is 0 Å². The Morgan fingerprint density at radius 2 is 1.29 bits per heavy atom. The molecule has 0 bridgehead atoms. The molecule has 0 aliphatic carbocycles. The van der Waals surface area contributed by atoms with Crippen LogP contribution in [0.4, 0.5) is 26.3 Å². The molecule has 0 aromatic rings. The van der Waals surface area contributed by atoms with E-state index in [0.717, 1.165) is 0 Å². The summed E-state index contributed by atoms with van der Waals surface area (Å²) < 4.78 is 81.5. The minimum Gasteiger partial charge on any atom is -0.319 e. The lowest BCUT2D eigenvalue weighted by atomic mass is 10.0. The fourth-order valence-corrected chi connectivity index (χ4v) is 1.70. The van der Waals surface area contributed by atoms with Crippen LogP contribution < -0.4 is 0 Å². The smallest absolute Gasteiger partial charge is 0.319 e. The average Bonchev–Trinajstić information content (AvgIpc) is 1.94. The lowest BCUT2D eigenvalue weighted by molar-refractivity contribution is -0.175. The summed E-state index contributed by atoms with van der Waals surface area (Å²) in [5.41, 5.74) is -2.35. The van der Waals surface area contributed by atoms with Crippen LogP contribution in [-0.2, 0) is 9.36 Å². The molecule has 0 aromatic heterocycles. The van der Waals surface area contributed by atoms with Crippen molar-refractivity contribution in [3.8, 4) is 0 Å². The van der Waals surface area contributed by atoms with Gasteiger partial charge in [0.25, 0.3) is 0 Å². The van der Waals surface area contributed by atoms with Crippen molar-refractivity contribution < 1.29 is 45.5 Å². The number of carbonyl (C=O) groups is 1. The van der Waals surface area contributed by atoms with Gasteiger partial charge in [-0.2, -0.15) is 26.3 Å². The molecule has 0 rings (SSSR count). The van der Waals surface area contributed by atoms with E-state index < -0.39 is 44.2 Å². The van der Waals surface area contributed by atoms with Crippen LogP contribution in [-0.4, -0.2) is 27.7 Å². The third-order valence-electron chi connectivity index (χ3n) is 1.59. The van der Waals surface area contributed by atoms with Gasteiger partial charge in [0.05, 0.1) is 12.8 Å². The predicted molar refractivity (Wildman–Crippen MR) is 41.9 cm³/mol. The molecule has 0 unspecified atom stereocenters. The molecule has 4 nitrogen and oxygen atoms in total. The van der Waals surface area contributed by atoms with Gasteiger partial charge in [0.2, 0.25) is 5.52 Å². The van der Waals surface area contributed by atoms with Crippen LogP contribution in [0.25, 0.3) is 0 Å². The van der Waals surface area contributed by atoms with Crippen molar-refractivity contribution in [2.45, 2.75) is 25.2 Å². The maximum atomic E-state index is 11.9. The third kappa shape index (κ3) is 7.35. The second-order valence-electron chi connectivity index (χ2n) is 3.22. The maximum Gasteiger partial charge on any atom is 0.391 e. The predicted octanol–water partition coefficient (Wildman–Crippen LogP) is 2.21. The highest BCUT2D eigenvalue weighted by atomic mass is 31.2. The van der Waals surface area contributed by atoms with Crippen LogP contribution in [0.3, 0.4) is 0 Å². The van der Waals surface area contributed by atoms with Crippen LogP contribution in [0.1, 0.15) is 12.8 Å². The molecule has 0 saturated heterocycles. The Hall–Kier alpha value is -0.600. The molecule has 17 heavy (non-hydrogen) atoms. The van der Waals surface area contributed by atoms with Crippen LogP contribution in [0.2, 0.25) is 0 Å². The van der Waals surface area contributed by atoms with Gasteiger partial charge in [-0.25, -0.2) is 0 Å². The number of rotatable bonds is 4. The van der Waals surface area contributed by atoms with E-state index in [4.69, 9.17) is 9.79 Å². The fourth-order valence-electron chi connectivity index (χ4n) is 1.04. The van der Waals surface area contributed by atoms with E-state index in [1.54, 1.807) is 0 Å². The fraction of sp³-hybridized carbons (Fsp3) is 0.833. The van der Waals surface area contributed by atoms with E-state index in [0.29, 0.717) is 0 Å². The summed E-state index contributed by atoms with van der Waals surface area (Å²) in [6.45, 7) is 0. The van der Waals surface area contributed by atoms with E-state index in [9.17, 15) is 35.7 Å². The molecule has 102 valence electrons. The van der Waals surface area contributed by atoms with E-state index in [2.05, 4.69) is 0 Å². The van der Waals surface area contributed by atoms with Gasteiger partial charge < -0.3 is 9.79 Å². The van der Waals surface area contributed by atoms with Gasteiger partial charge in [-0.15, -0.1) is 0 Å². The molecule has 0 aromatic carbocycles.